The fourth-order valence-electron chi connectivity index (χ4n) is 2.19. The van der Waals surface area contributed by atoms with Crippen LogP contribution in [0, 0.1) is 12.7 Å². The first-order valence-corrected chi connectivity index (χ1v) is 6.28. The molecule has 1 aromatic heterocycles. The predicted molar refractivity (Wildman–Crippen MR) is 71.9 cm³/mol. The minimum absolute atomic E-state index is 0.237. The van der Waals surface area contributed by atoms with Gasteiger partial charge in [-0.25, -0.2) is 4.39 Å². The largest absolute Gasteiger partial charge is 0.494 e. The quantitative estimate of drug-likeness (QED) is 0.897. The number of halogens is 1. The summed E-state index contributed by atoms with van der Waals surface area (Å²) in [5.74, 6) is 0.700. The summed E-state index contributed by atoms with van der Waals surface area (Å²) in [6, 6.07) is 6.79. The maximum Gasteiger partial charge on any atom is 0.170 e. The Morgan fingerprint density at radius 1 is 1.32 bits per heavy atom. The number of methoxy groups -OCH3 is 1. The van der Waals surface area contributed by atoms with Gasteiger partial charge in [0.1, 0.15) is 5.76 Å². The molecule has 1 unspecified atom stereocenters. The molecule has 0 saturated heterocycles. The molecule has 0 radical (unpaired) electrons. The third-order valence-electron chi connectivity index (χ3n) is 3.14. The van der Waals surface area contributed by atoms with Gasteiger partial charge in [0.2, 0.25) is 0 Å². The summed E-state index contributed by atoms with van der Waals surface area (Å²) in [7, 11) is 1.47. The lowest BCUT2D eigenvalue weighted by molar-refractivity contribution is 0.381. The van der Waals surface area contributed by atoms with Crippen LogP contribution >= 0.6 is 0 Å². The summed E-state index contributed by atoms with van der Waals surface area (Å²) in [5.41, 5.74) is 1.50. The fraction of sp³-hybridized carbons (Fsp3) is 0.333. The van der Waals surface area contributed by atoms with Crippen molar-refractivity contribution in [1.82, 2.24) is 5.32 Å². The van der Waals surface area contributed by atoms with Gasteiger partial charge in [0.05, 0.1) is 19.4 Å². The molecule has 0 aliphatic carbocycles. The van der Waals surface area contributed by atoms with Gasteiger partial charge in [-0.2, -0.15) is 0 Å². The van der Waals surface area contributed by atoms with Crippen LogP contribution in [-0.4, -0.2) is 13.7 Å². The zero-order chi connectivity index (χ0) is 13.8. The normalized spacial score (nSPS) is 12.4. The van der Waals surface area contributed by atoms with Crippen LogP contribution in [0.2, 0.25) is 0 Å². The van der Waals surface area contributed by atoms with Crippen molar-refractivity contribution in [2.45, 2.75) is 19.9 Å². The van der Waals surface area contributed by atoms with Gasteiger partial charge >= 0.3 is 0 Å². The fourth-order valence-corrected chi connectivity index (χ4v) is 2.19. The summed E-state index contributed by atoms with van der Waals surface area (Å²) in [6.45, 7) is 4.59. The molecule has 3 nitrogen and oxygen atoms in total. The lowest BCUT2D eigenvalue weighted by Gasteiger charge is -2.19. The van der Waals surface area contributed by atoms with Gasteiger partial charge in [0, 0.05) is 11.1 Å². The van der Waals surface area contributed by atoms with Gasteiger partial charge in [-0.15, -0.1) is 0 Å². The highest BCUT2D eigenvalue weighted by atomic mass is 19.1. The average molecular weight is 263 g/mol. The molecule has 1 N–H and O–H groups in total. The van der Waals surface area contributed by atoms with Crippen LogP contribution in [-0.2, 0) is 0 Å². The first-order valence-electron chi connectivity index (χ1n) is 6.28. The SMILES string of the molecule is CCNC(c1ccoc1C)c1cccc(OC)c1F. The molecule has 0 aliphatic heterocycles. The van der Waals surface area contributed by atoms with E-state index >= 15 is 0 Å². The van der Waals surface area contributed by atoms with Gasteiger partial charge in [-0.1, -0.05) is 19.1 Å². The predicted octanol–water partition coefficient (Wildman–Crippen LogP) is 3.43. The maximum atomic E-state index is 14.4. The molecule has 0 bridgehead atoms. The number of aryl methyl sites for hydroxylation is 1. The van der Waals surface area contributed by atoms with Crippen LogP contribution in [0.4, 0.5) is 4.39 Å². The van der Waals surface area contributed by atoms with Crippen LogP contribution < -0.4 is 10.1 Å². The summed E-state index contributed by atoms with van der Waals surface area (Å²) in [5, 5.41) is 3.28. The molecule has 0 fully saturated rings. The Bertz CT molecular complexity index is 551. The topological polar surface area (TPSA) is 34.4 Å². The van der Waals surface area contributed by atoms with E-state index in [4.69, 9.17) is 9.15 Å². The Morgan fingerprint density at radius 2 is 2.11 bits per heavy atom. The number of ether oxygens (including phenoxy) is 1. The number of hydrogen-bond acceptors (Lipinski definition) is 3. The molecule has 102 valence electrons. The van der Waals surface area contributed by atoms with E-state index in [0.29, 0.717) is 5.56 Å². The lowest BCUT2D eigenvalue weighted by atomic mass is 9.98. The highest BCUT2D eigenvalue weighted by molar-refractivity contribution is 5.39. The molecule has 1 atom stereocenters. The van der Waals surface area contributed by atoms with Crippen molar-refractivity contribution in [3.8, 4) is 5.75 Å². The number of benzene rings is 1. The Morgan fingerprint density at radius 3 is 2.68 bits per heavy atom. The Kier molecular flexibility index (Phi) is 4.22. The van der Waals surface area contributed by atoms with Crippen LogP contribution in [0.3, 0.4) is 0 Å². The van der Waals surface area contributed by atoms with Gasteiger partial charge in [-0.05, 0) is 25.6 Å². The number of nitrogens with one attached hydrogen (secondary N) is 1. The third kappa shape index (κ3) is 2.63. The number of rotatable bonds is 5. The van der Waals surface area contributed by atoms with E-state index in [1.54, 1.807) is 24.5 Å². The molecule has 0 aliphatic rings. The van der Waals surface area contributed by atoms with E-state index in [1.165, 1.54) is 7.11 Å². The van der Waals surface area contributed by atoms with Crippen molar-refractivity contribution in [2.24, 2.45) is 0 Å². The molecule has 0 spiro atoms. The molecule has 2 aromatic rings. The molecular formula is C15H18FNO2. The van der Waals surface area contributed by atoms with Crippen molar-refractivity contribution < 1.29 is 13.5 Å². The maximum absolute atomic E-state index is 14.4. The standard InChI is InChI=1S/C15H18FNO2/c1-4-17-15(11-8-9-19-10(11)2)12-6-5-7-13(18-3)14(12)16/h5-9,15,17H,4H2,1-3H3. The minimum atomic E-state index is -0.337. The zero-order valence-corrected chi connectivity index (χ0v) is 11.4. The second-order valence-corrected chi connectivity index (χ2v) is 4.29. The van der Waals surface area contributed by atoms with Crippen molar-refractivity contribution >= 4 is 0 Å². The second kappa shape index (κ2) is 5.89. The van der Waals surface area contributed by atoms with Crippen LogP contribution in [0.1, 0.15) is 29.9 Å². The van der Waals surface area contributed by atoms with E-state index in [-0.39, 0.29) is 17.6 Å². The molecule has 4 heteroatoms. The van der Waals surface area contributed by atoms with Gasteiger partial charge in [0.15, 0.2) is 11.6 Å². The van der Waals surface area contributed by atoms with Crippen molar-refractivity contribution in [3.63, 3.8) is 0 Å². The van der Waals surface area contributed by atoms with Crippen LogP contribution in [0.15, 0.2) is 34.9 Å². The molecule has 0 amide bonds. The van der Waals surface area contributed by atoms with Crippen LogP contribution in [0.5, 0.6) is 5.75 Å². The highest BCUT2D eigenvalue weighted by Gasteiger charge is 2.22. The number of hydrogen-bond donors (Lipinski definition) is 1. The van der Waals surface area contributed by atoms with Gasteiger partial charge < -0.3 is 14.5 Å². The van der Waals surface area contributed by atoms with E-state index < -0.39 is 0 Å². The first-order chi connectivity index (χ1) is 9.19. The van der Waals surface area contributed by atoms with E-state index in [9.17, 15) is 4.39 Å². The summed E-state index contributed by atoms with van der Waals surface area (Å²) < 4.78 is 24.7. The minimum Gasteiger partial charge on any atom is -0.494 e. The first kappa shape index (κ1) is 13.6. The Hall–Kier alpha value is -1.81. The van der Waals surface area contributed by atoms with Crippen LogP contribution in [0.25, 0.3) is 0 Å². The highest BCUT2D eigenvalue weighted by Crippen LogP contribution is 2.31. The molecular weight excluding hydrogens is 245 g/mol. The van der Waals surface area contributed by atoms with Crippen molar-refractivity contribution in [1.29, 1.82) is 0 Å². The molecule has 2 rings (SSSR count). The monoisotopic (exact) mass is 263 g/mol. The summed E-state index contributed by atoms with van der Waals surface area (Å²) in [6.07, 6.45) is 1.62. The zero-order valence-electron chi connectivity index (χ0n) is 11.4. The molecule has 1 heterocycles. The molecule has 19 heavy (non-hydrogen) atoms. The Labute approximate surface area is 112 Å². The van der Waals surface area contributed by atoms with Crippen molar-refractivity contribution in [3.05, 3.63) is 53.2 Å². The average Bonchev–Trinajstić information content (AvgIpc) is 2.83. The summed E-state index contributed by atoms with van der Waals surface area (Å²) in [4.78, 5) is 0. The van der Waals surface area contributed by atoms with E-state index in [2.05, 4.69) is 5.32 Å². The summed E-state index contributed by atoms with van der Waals surface area (Å²) >= 11 is 0. The van der Waals surface area contributed by atoms with Gasteiger partial charge in [0.25, 0.3) is 0 Å². The number of furan rings is 1. The van der Waals surface area contributed by atoms with Crippen molar-refractivity contribution in [2.75, 3.05) is 13.7 Å². The molecule has 1 aromatic carbocycles. The smallest absolute Gasteiger partial charge is 0.170 e. The van der Waals surface area contributed by atoms with E-state index in [1.807, 2.05) is 19.9 Å². The van der Waals surface area contributed by atoms with E-state index in [0.717, 1.165) is 17.9 Å². The van der Waals surface area contributed by atoms with Gasteiger partial charge in [-0.3, -0.25) is 0 Å². The third-order valence-corrected chi connectivity index (χ3v) is 3.14. The lowest BCUT2D eigenvalue weighted by Crippen LogP contribution is -2.23. The molecule has 0 saturated carbocycles. The Balaban J connectivity index is 2.48. The second-order valence-electron chi connectivity index (χ2n) is 4.29.